The monoisotopic (exact) mass is 289 g/mol. The Labute approximate surface area is 113 Å². The van der Waals surface area contributed by atoms with Gasteiger partial charge in [-0.3, -0.25) is 0 Å². The molecule has 0 radical (unpaired) electrons. The number of hydrogen-bond donors (Lipinski definition) is 1. The molecule has 1 aliphatic rings. The Morgan fingerprint density at radius 3 is 2.20 bits per heavy atom. The third-order valence-electron chi connectivity index (χ3n) is 3.13. The van der Waals surface area contributed by atoms with Crippen molar-refractivity contribution in [3.63, 3.8) is 0 Å². The molecule has 110 valence electrons. The maximum Gasteiger partial charge on any atom is 0.419 e. The SMILES string of the molecule is CC(=NO)N1CCN(c2ncc(C(F)(F)F)cn2)CC1. The van der Waals surface area contributed by atoms with E-state index >= 15 is 0 Å². The molecular formula is C11H14F3N5O. The van der Waals surface area contributed by atoms with Crippen molar-refractivity contribution in [1.82, 2.24) is 14.9 Å². The summed E-state index contributed by atoms with van der Waals surface area (Å²) in [6, 6.07) is 0. The first-order valence-corrected chi connectivity index (χ1v) is 5.99. The minimum atomic E-state index is -4.42. The van der Waals surface area contributed by atoms with Gasteiger partial charge in [-0.15, -0.1) is 0 Å². The molecule has 1 aliphatic heterocycles. The van der Waals surface area contributed by atoms with Gasteiger partial charge < -0.3 is 15.0 Å². The quantitative estimate of drug-likeness (QED) is 0.367. The molecule has 6 nitrogen and oxygen atoms in total. The summed E-state index contributed by atoms with van der Waals surface area (Å²) in [4.78, 5) is 11.2. The van der Waals surface area contributed by atoms with Gasteiger partial charge in [0.05, 0.1) is 5.56 Å². The number of alkyl halides is 3. The second-order valence-corrected chi connectivity index (χ2v) is 4.39. The lowest BCUT2D eigenvalue weighted by molar-refractivity contribution is -0.138. The third-order valence-corrected chi connectivity index (χ3v) is 3.13. The number of oxime groups is 1. The Kier molecular flexibility index (Phi) is 3.96. The molecule has 1 aromatic heterocycles. The van der Waals surface area contributed by atoms with Gasteiger partial charge in [-0.05, 0) is 6.92 Å². The van der Waals surface area contributed by atoms with Crippen LogP contribution in [0.3, 0.4) is 0 Å². The molecule has 1 N–H and O–H groups in total. The fourth-order valence-electron chi connectivity index (χ4n) is 1.92. The van der Waals surface area contributed by atoms with E-state index in [9.17, 15) is 13.2 Å². The van der Waals surface area contributed by atoms with E-state index in [1.54, 1.807) is 11.8 Å². The van der Waals surface area contributed by atoms with Gasteiger partial charge in [0.15, 0.2) is 0 Å². The average molecular weight is 289 g/mol. The van der Waals surface area contributed by atoms with Crippen LogP contribution >= 0.6 is 0 Å². The van der Waals surface area contributed by atoms with Gasteiger partial charge in [0.2, 0.25) is 5.95 Å². The molecule has 0 atom stereocenters. The summed E-state index contributed by atoms with van der Waals surface area (Å²) in [5, 5.41) is 11.8. The lowest BCUT2D eigenvalue weighted by Gasteiger charge is -2.35. The highest BCUT2D eigenvalue weighted by atomic mass is 19.4. The van der Waals surface area contributed by atoms with Crippen LogP contribution in [0.1, 0.15) is 12.5 Å². The predicted molar refractivity (Wildman–Crippen MR) is 65.7 cm³/mol. The first-order chi connectivity index (χ1) is 9.41. The molecule has 2 heterocycles. The zero-order valence-corrected chi connectivity index (χ0v) is 10.8. The van der Waals surface area contributed by atoms with Gasteiger partial charge in [0, 0.05) is 38.6 Å². The van der Waals surface area contributed by atoms with E-state index < -0.39 is 11.7 Å². The molecule has 0 unspecified atom stereocenters. The molecule has 0 amide bonds. The Morgan fingerprint density at radius 2 is 1.75 bits per heavy atom. The van der Waals surface area contributed by atoms with E-state index in [1.807, 2.05) is 4.90 Å². The molecule has 0 bridgehead atoms. The predicted octanol–water partition coefficient (Wildman–Crippen LogP) is 1.43. The maximum absolute atomic E-state index is 12.4. The highest BCUT2D eigenvalue weighted by Gasteiger charge is 2.31. The van der Waals surface area contributed by atoms with Crippen LogP contribution in [0.15, 0.2) is 17.5 Å². The van der Waals surface area contributed by atoms with E-state index in [-0.39, 0.29) is 5.95 Å². The molecule has 0 spiro atoms. The van der Waals surface area contributed by atoms with Crippen LogP contribution in [-0.2, 0) is 6.18 Å². The van der Waals surface area contributed by atoms with E-state index in [4.69, 9.17) is 5.21 Å². The molecule has 1 saturated heterocycles. The van der Waals surface area contributed by atoms with Crippen LogP contribution in [0.25, 0.3) is 0 Å². The molecule has 0 aliphatic carbocycles. The van der Waals surface area contributed by atoms with Gasteiger partial charge in [-0.25, -0.2) is 9.97 Å². The van der Waals surface area contributed by atoms with Gasteiger partial charge in [0.1, 0.15) is 5.84 Å². The minimum Gasteiger partial charge on any atom is -0.409 e. The molecule has 1 fully saturated rings. The number of rotatable bonds is 1. The highest BCUT2D eigenvalue weighted by Crippen LogP contribution is 2.28. The number of nitrogens with zero attached hydrogens (tertiary/aromatic N) is 5. The van der Waals surface area contributed by atoms with Gasteiger partial charge in [-0.2, -0.15) is 13.2 Å². The normalized spacial score (nSPS) is 17.5. The standard InChI is InChI=1S/C11H14F3N5O/c1-8(17-20)18-2-4-19(5-3-18)10-15-6-9(7-16-10)11(12,13)14/h6-7,20H,2-5H2,1H3. The Balaban J connectivity index is 2.01. The van der Waals surface area contributed by atoms with E-state index in [1.165, 1.54) is 0 Å². The summed E-state index contributed by atoms with van der Waals surface area (Å²) in [5.41, 5.74) is -0.858. The van der Waals surface area contributed by atoms with Crippen LogP contribution in [0.2, 0.25) is 0 Å². The van der Waals surface area contributed by atoms with Gasteiger partial charge >= 0.3 is 6.18 Å². The number of amidine groups is 1. The minimum absolute atomic E-state index is 0.274. The van der Waals surface area contributed by atoms with Crippen molar-refractivity contribution in [2.24, 2.45) is 5.16 Å². The molecule has 9 heteroatoms. The lowest BCUT2D eigenvalue weighted by Crippen LogP contribution is -2.48. The Bertz CT molecular complexity index is 480. The average Bonchev–Trinajstić information content (AvgIpc) is 2.46. The van der Waals surface area contributed by atoms with Crippen molar-refractivity contribution in [3.8, 4) is 0 Å². The Morgan fingerprint density at radius 1 is 1.20 bits per heavy atom. The van der Waals surface area contributed by atoms with Gasteiger partial charge in [0.25, 0.3) is 0 Å². The topological polar surface area (TPSA) is 64.9 Å². The van der Waals surface area contributed by atoms with Crippen molar-refractivity contribution < 1.29 is 18.4 Å². The van der Waals surface area contributed by atoms with Crippen molar-refractivity contribution in [2.45, 2.75) is 13.1 Å². The zero-order chi connectivity index (χ0) is 14.8. The van der Waals surface area contributed by atoms with Crippen molar-refractivity contribution >= 4 is 11.8 Å². The summed E-state index contributed by atoms with van der Waals surface area (Å²) >= 11 is 0. The Hall–Kier alpha value is -2.06. The molecular weight excluding hydrogens is 275 g/mol. The van der Waals surface area contributed by atoms with Crippen LogP contribution in [0.4, 0.5) is 19.1 Å². The first-order valence-electron chi connectivity index (χ1n) is 5.99. The summed E-state index contributed by atoms with van der Waals surface area (Å²) in [6.45, 7) is 3.99. The molecule has 0 saturated carbocycles. The lowest BCUT2D eigenvalue weighted by atomic mass is 10.3. The molecule has 20 heavy (non-hydrogen) atoms. The second-order valence-electron chi connectivity index (χ2n) is 4.39. The summed E-state index contributed by atoms with van der Waals surface area (Å²) in [6.07, 6.45) is -2.85. The number of aromatic nitrogens is 2. The number of piperazine rings is 1. The highest BCUT2D eigenvalue weighted by molar-refractivity contribution is 5.79. The van der Waals surface area contributed by atoms with Crippen LogP contribution < -0.4 is 4.90 Å². The van der Waals surface area contributed by atoms with Crippen molar-refractivity contribution in [3.05, 3.63) is 18.0 Å². The fourth-order valence-corrected chi connectivity index (χ4v) is 1.92. The van der Waals surface area contributed by atoms with Gasteiger partial charge in [-0.1, -0.05) is 5.16 Å². The largest absolute Gasteiger partial charge is 0.419 e. The second kappa shape index (κ2) is 5.51. The van der Waals surface area contributed by atoms with E-state index in [0.717, 1.165) is 12.4 Å². The molecule has 0 aromatic carbocycles. The number of hydrogen-bond acceptors (Lipinski definition) is 5. The van der Waals surface area contributed by atoms with Crippen LogP contribution in [-0.4, -0.2) is 52.1 Å². The summed E-state index contributed by atoms with van der Waals surface area (Å²) < 4.78 is 37.2. The number of anilines is 1. The number of halogens is 3. The third kappa shape index (κ3) is 3.09. The zero-order valence-electron chi connectivity index (χ0n) is 10.8. The van der Waals surface area contributed by atoms with Crippen LogP contribution in [0, 0.1) is 0 Å². The van der Waals surface area contributed by atoms with Crippen molar-refractivity contribution in [2.75, 3.05) is 31.1 Å². The smallest absolute Gasteiger partial charge is 0.409 e. The first kappa shape index (κ1) is 14.4. The molecule has 1 aromatic rings. The summed E-state index contributed by atoms with van der Waals surface area (Å²) in [5.74, 6) is 0.786. The van der Waals surface area contributed by atoms with E-state index in [2.05, 4.69) is 15.1 Å². The van der Waals surface area contributed by atoms with Crippen molar-refractivity contribution in [1.29, 1.82) is 0 Å². The maximum atomic E-state index is 12.4. The molecule has 2 rings (SSSR count). The van der Waals surface area contributed by atoms with Crippen LogP contribution in [0.5, 0.6) is 0 Å². The van der Waals surface area contributed by atoms with E-state index in [0.29, 0.717) is 32.0 Å². The summed E-state index contributed by atoms with van der Waals surface area (Å²) in [7, 11) is 0. The fraction of sp³-hybridized carbons (Fsp3) is 0.545.